The standard InChI is InChI=1S/C33H40N2O4.2C28H31ClN2O4/c1-25-20-26(2)32-29(21-25)23-30(14-10-5-3-4-6-11-19-38-33(32)37)34-39-24-31(36)35-17-15-28(16-18-35)22-27-12-8-7-9-13-27;2*1-20-16-21(2)27(29)24-17-23(14-10-5-3-4-6-11-15-34-28(33)26(20)24)31-35-19-25(32)30-18-22-12-8-7-9-13-22/h4,6-10,12-14,20-21,28H,3,5,11,15-19,22-24H2,1-2H3;2*4,6-10,12-14,16H,3,5,11,15,17-19H2,1-2H3,(H,30,32)/b6-4+,14-10+,34-30-;6-4+,14-10+,31-23+;6-4+,14-10+,31-23-. The molecule has 2 N–H and O–H groups in total. The molecule has 0 unspecified atom stereocenters. The number of fused-ring (bicyclic) bond motifs is 3. The van der Waals surface area contributed by atoms with E-state index in [1.807, 2.05) is 186 Å². The first-order valence-electron chi connectivity index (χ1n) is 37.5. The minimum Gasteiger partial charge on any atom is -0.462 e. The summed E-state index contributed by atoms with van der Waals surface area (Å²) >= 11 is 13.3. The van der Waals surface area contributed by atoms with Crippen LogP contribution in [0.15, 0.2) is 204 Å². The summed E-state index contributed by atoms with van der Waals surface area (Å²) in [5.41, 5.74) is 14.0. The smallest absolute Gasteiger partial charge is 0.338 e. The summed E-state index contributed by atoms with van der Waals surface area (Å²) in [4.78, 5) is 94.3. The number of oxime groups is 3. The Labute approximate surface area is 652 Å². The van der Waals surface area contributed by atoms with Gasteiger partial charge >= 0.3 is 17.9 Å². The molecule has 0 bridgehead atoms. The van der Waals surface area contributed by atoms with Gasteiger partial charge in [-0.15, -0.1) is 0 Å². The number of amides is 3. The van der Waals surface area contributed by atoms with Gasteiger partial charge in [0, 0.05) is 55.5 Å². The first-order chi connectivity index (χ1) is 52.9. The third-order valence-electron chi connectivity index (χ3n) is 18.3. The summed E-state index contributed by atoms with van der Waals surface area (Å²) < 4.78 is 16.6. The Balaban J connectivity index is 0.000000206. The van der Waals surface area contributed by atoms with Crippen molar-refractivity contribution in [3.63, 3.8) is 0 Å². The molecule has 0 atom stereocenters. The average Bonchev–Trinajstić information content (AvgIpc) is 0.796. The number of nitrogens with one attached hydrogen (secondary N) is 2. The number of aryl methyl sites for hydroxylation is 6. The van der Waals surface area contributed by atoms with E-state index in [4.69, 9.17) is 51.9 Å². The largest absolute Gasteiger partial charge is 0.462 e. The van der Waals surface area contributed by atoms with Crippen molar-refractivity contribution in [2.24, 2.45) is 21.4 Å². The number of carbonyl (C=O) groups is 6. The summed E-state index contributed by atoms with van der Waals surface area (Å²) in [5.74, 6) is -1.13. The zero-order valence-corrected chi connectivity index (χ0v) is 65.1. The highest BCUT2D eigenvalue weighted by Crippen LogP contribution is 2.32. The van der Waals surface area contributed by atoms with E-state index in [0.29, 0.717) is 120 Å². The molecule has 1 fully saturated rings. The minimum absolute atomic E-state index is 0.0387. The molecule has 0 aromatic heterocycles. The van der Waals surface area contributed by atoms with E-state index in [0.717, 1.165) is 121 Å². The van der Waals surface area contributed by atoms with Crippen LogP contribution in [0.1, 0.15) is 168 Å². The second-order valence-corrected chi connectivity index (χ2v) is 28.0. The van der Waals surface area contributed by atoms with Crippen molar-refractivity contribution in [1.82, 2.24) is 15.5 Å². The van der Waals surface area contributed by atoms with Gasteiger partial charge in [0.05, 0.1) is 53.6 Å². The van der Waals surface area contributed by atoms with E-state index < -0.39 is 11.9 Å². The van der Waals surface area contributed by atoms with Gasteiger partial charge in [0.2, 0.25) is 0 Å². The van der Waals surface area contributed by atoms with E-state index in [2.05, 4.69) is 74.7 Å². The molecule has 0 spiro atoms. The lowest BCUT2D eigenvalue weighted by Gasteiger charge is -2.31. The van der Waals surface area contributed by atoms with Crippen LogP contribution in [0.4, 0.5) is 0 Å². The molecule has 3 amide bonds. The monoisotopic (exact) mass is 1520 g/mol. The molecule has 4 aliphatic rings. The number of hydrogen-bond donors (Lipinski definition) is 2. The van der Waals surface area contributed by atoms with E-state index in [1.165, 1.54) is 5.56 Å². The Morgan fingerprint density at radius 3 is 1.24 bits per heavy atom. The first-order valence-corrected chi connectivity index (χ1v) is 38.3. The zero-order valence-electron chi connectivity index (χ0n) is 63.6. The summed E-state index contributed by atoms with van der Waals surface area (Å²) in [6.07, 6.45) is 35.2. The van der Waals surface area contributed by atoms with Crippen molar-refractivity contribution in [3.05, 3.63) is 282 Å². The van der Waals surface area contributed by atoms with Crippen molar-refractivity contribution in [2.75, 3.05) is 52.7 Å². The van der Waals surface area contributed by atoms with Crippen LogP contribution in [0.2, 0.25) is 10.0 Å². The highest BCUT2D eigenvalue weighted by Gasteiger charge is 2.27. The van der Waals surface area contributed by atoms with E-state index in [-0.39, 0.29) is 56.4 Å². The highest BCUT2D eigenvalue weighted by atomic mass is 35.5. The van der Waals surface area contributed by atoms with E-state index in [9.17, 15) is 28.8 Å². The number of ether oxygens (including phenoxy) is 3. The number of likely N-dealkylation sites (tertiary alicyclic amines) is 1. The number of piperidine rings is 1. The fourth-order valence-corrected chi connectivity index (χ4v) is 13.3. The average molecular weight is 1520 g/mol. The maximum atomic E-state index is 12.9. The predicted octanol–water partition coefficient (Wildman–Crippen LogP) is 17.4. The molecule has 0 saturated carbocycles. The molecule has 6 aromatic carbocycles. The van der Waals surface area contributed by atoms with Crippen LogP contribution in [0, 0.1) is 47.5 Å². The van der Waals surface area contributed by atoms with Crippen LogP contribution < -0.4 is 10.6 Å². The number of allylic oxidation sites excluding steroid dienone is 9. The summed E-state index contributed by atoms with van der Waals surface area (Å²) in [6.45, 7) is 14.2. The lowest BCUT2D eigenvalue weighted by molar-refractivity contribution is -0.137. The molecular weight excluding hydrogens is 1420 g/mol. The Morgan fingerprint density at radius 1 is 0.440 bits per heavy atom. The first kappa shape index (κ1) is 84.2. The number of rotatable bonds is 15. The Kier molecular flexibility index (Phi) is 35.6. The molecule has 109 heavy (non-hydrogen) atoms. The number of hydrogen-bond acceptors (Lipinski definition) is 15. The van der Waals surface area contributed by atoms with Gasteiger partial charge in [0.15, 0.2) is 19.8 Å². The number of cyclic esters (lactones) is 3. The second-order valence-electron chi connectivity index (χ2n) is 27.2. The molecule has 18 nitrogen and oxygen atoms in total. The van der Waals surface area contributed by atoms with Crippen molar-refractivity contribution < 1.29 is 57.5 Å². The molecule has 0 aliphatic carbocycles. The summed E-state index contributed by atoms with van der Waals surface area (Å²) in [6, 6.07) is 37.6. The van der Waals surface area contributed by atoms with Crippen LogP contribution in [0.3, 0.4) is 0 Å². The topological polar surface area (TPSA) is 222 Å². The molecule has 6 aromatic rings. The third-order valence-corrected chi connectivity index (χ3v) is 19.4. The van der Waals surface area contributed by atoms with Crippen LogP contribution in [0.5, 0.6) is 0 Å². The van der Waals surface area contributed by atoms with Crippen LogP contribution in [-0.4, -0.2) is 110 Å². The van der Waals surface area contributed by atoms with Gasteiger partial charge < -0.3 is 44.3 Å². The van der Waals surface area contributed by atoms with Crippen molar-refractivity contribution >= 4 is 76.0 Å². The second kappa shape index (κ2) is 46.0. The van der Waals surface area contributed by atoms with Gasteiger partial charge in [-0.1, -0.05) is 214 Å². The molecular formula is C89H102Cl2N6O12. The number of nitrogens with zero attached hydrogens (tertiary/aromatic N) is 4. The Morgan fingerprint density at radius 2 is 0.807 bits per heavy atom. The zero-order chi connectivity index (χ0) is 77.5. The summed E-state index contributed by atoms with van der Waals surface area (Å²) in [5, 5.41) is 19.4. The fraction of sp³-hybridized carbons (Fsp3) is 0.360. The molecule has 574 valence electrons. The fourth-order valence-electron chi connectivity index (χ4n) is 12.9. The molecule has 4 heterocycles. The van der Waals surface area contributed by atoms with Gasteiger partial charge in [0.25, 0.3) is 17.7 Å². The summed E-state index contributed by atoms with van der Waals surface area (Å²) in [7, 11) is 0. The minimum atomic E-state index is -0.408. The van der Waals surface area contributed by atoms with Crippen molar-refractivity contribution in [3.8, 4) is 0 Å². The lowest BCUT2D eigenvalue weighted by atomic mass is 9.90. The van der Waals surface area contributed by atoms with Gasteiger partial charge in [-0.05, 0) is 204 Å². The van der Waals surface area contributed by atoms with Gasteiger partial charge in [-0.3, -0.25) is 14.4 Å². The quantitative estimate of drug-likeness (QED) is 0.0424. The van der Waals surface area contributed by atoms with E-state index in [1.54, 1.807) is 0 Å². The molecule has 4 aliphatic heterocycles. The molecule has 10 rings (SSSR count). The van der Waals surface area contributed by atoms with Crippen LogP contribution in [0.25, 0.3) is 0 Å². The van der Waals surface area contributed by atoms with Crippen molar-refractivity contribution in [2.45, 2.75) is 151 Å². The molecule has 1 saturated heterocycles. The van der Waals surface area contributed by atoms with Gasteiger partial charge in [-0.25, -0.2) is 14.4 Å². The lowest BCUT2D eigenvalue weighted by Crippen LogP contribution is -2.40. The number of halogens is 2. The predicted molar refractivity (Wildman–Crippen MR) is 432 cm³/mol. The third kappa shape index (κ3) is 28.9. The number of esters is 3. The maximum absolute atomic E-state index is 12.9. The molecule has 0 radical (unpaired) electrons. The normalized spacial score (nSPS) is 18.4. The highest BCUT2D eigenvalue weighted by molar-refractivity contribution is 6.33. The SMILES string of the molecule is Cc1cc(C)c2c(c1)CC(=N\OCC(=O)N1CCC(Cc3ccccc3)CC1)/C=C/CC/C=C/CCOC2=O.Cc1cc(C)c2c(c1Cl)CC(=N/OCC(=O)NCc1ccccc1)/C=C/CC/C=C/CCOC2=O.Cc1cc(C)c2c(c1Cl)CC(=N\OCC(=O)NCc1ccccc1)/C=C/CC/C=C/CCOC2=O. The van der Waals surface area contributed by atoms with Gasteiger partial charge in [0.1, 0.15) is 0 Å². The number of carbonyl (C=O) groups excluding carboxylic acids is 6. The van der Waals surface area contributed by atoms with Gasteiger partial charge in [-0.2, -0.15) is 0 Å². The molecule has 20 heteroatoms. The van der Waals surface area contributed by atoms with Crippen LogP contribution >= 0.6 is 23.2 Å². The Bertz CT molecular complexity index is 4150. The van der Waals surface area contributed by atoms with Crippen LogP contribution in [-0.2, 0) is 81.9 Å². The van der Waals surface area contributed by atoms with Crippen molar-refractivity contribution in [1.29, 1.82) is 0 Å². The Hall–Kier alpha value is -10.4. The maximum Gasteiger partial charge on any atom is 0.338 e. The number of benzene rings is 6. The van der Waals surface area contributed by atoms with E-state index >= 15 is 0 Å².